The molecular weight excluding hydrogens is 583 g/mol. The minimum Gasteiger partial charge on any atom is -0.208 e. The minimum absolute atomic E-state index is 0.319. The summed E-state index contributed by atoms with van der Waals surface area (Å²) < 4.78 is 0. The van der Waals surface area contributed by atoms with Gasteiger partial charge in [-0.3, -0.25) is 0 Å². The van der Waals surface area contributed by atoms with E-state index in [1.54, 1.807) is 0 Å². The molecule has 1 aliphatic rings. The van der Waals surface area contributed by atoms with Crippen molar-refractivity contribution in [2.45, 2.75) is 12.3 Å². The molecule has 48 heavy (non-hydrogen) atoms. The van der Waals surface area contributed by atoms with E-state index >= 15 is 0 Å². The van der Waals surface area contributed by atoms with Crippen LogP contribution in [-0.4, -0.2) is 15.0 Å². The molecule has 1 aromatic heterocycles. The van der Waals surface area contributed by atoms with Crippen molar-refractivity contribution in [3.8, 4) is 67.5 Å². The van der Waals surface area contributed by atoms with Crippen molar-refractivity contribution < 1.29 is 0 Å². The lowest BCUT2D eigenvalue weighted by Gasteiger charge is -2.18. The topological polar surface area (TPSA) is 38.7 Å². The van der Waals surface area contributed by atoms with Crippen LogP contribution in [0.1, 0.15) is 17.9 Å². The Morgan fingerprint density at radius 2 is 0.729 bits per heavy atom. The SMILES string of the molecule is C1=CCC(c2cc(-c3ccccc3)cc(-c3cc(-c4ccccc4)cc(-c4nc(-c5ccccc5)nc(-c5ccccc5)n4)c3)c2)C=C1. The second-order valence-corrected chi connectivity index (χ2v) is 12.1. The summed E-state index contributed by atoms with van der Waals surface area (Å²) >= 11 is 0. The van der Waals surface area contributed by atoms with Crippen molar-refractivity contribution in [1.29, 1.82) is 0 Å². The van der Waals surface area contributed by atoms with Crippen molar-refractivity contribution in [3.63, 3.8) is 0 Å². The van der Waals surface area contributed by atoms with E-state index in [1.165, 1.54) is 16.7 Å². The molecule has 0 bridgehead atoms. The molecule has 0 aliphatic heterocycles. The van der Waals surface area contributed by atoms with Gasteiger partial charge in [-0.05, 0) is 69.6 Å². The minimum atomic E-state index is 0.319. The Labute approximate surface area is 281 Å². The Balaban J connectivity index is 1.35. The first kappa shape index (κ1) is 29.2. The Bertz CT molecular complexity index is 2180. The van der Waals surface area contributed by atoms with Crippen molar-refractivity contribution in [2.24, 2.45) is 0 Å². The number of allylic oxidation sites excluding steroid dienone is 4. The summed E-state index contributed by atoms with van der Waals surface area (Å²) in [5.74, 6) is 2.26. The maximum atomic E-state index is 5.09. The predicted octanol–water partition coefficient (Wildman–Crippen LogP) is 11.5. The Morgan fingerprint density at radius 1 is 0.354 bits per heavy atom. The zero-order chi connectivity index (χ0) is 32.1. The molecule has 228 valence electrons. The van der Waals surface area contributed by atoms with E-state index < -0.39 is 0 Å². The highest BCUT2D eigenvalue weighted by Gasteiger charge is 2.17. The number of nitrogens with zero attached hydrogens (tertiary/aromatic N) is 3. The van der Waals surface area contributed by atoms with Crippen molar-refractivity contribution in [1.82, 2.24) is 15.0 Å². The van der Waals surface area contributed by atoms with E-state index in [-0.39, 0.29) is 0 Å². The molecule has 0 spiro atoms. The Morgan fingerprint density at radius 3 is 1.19 bits per heavy atom. The third kappa shape index (κ3) is 6.27. The molecule has 0 amide bonds. The van der Waals surface area contributed by atoms with Gasteiger partial charge in [0, 0.05) is 22.6 Å². The van der Waals surface area contributed by atoms with Gasteiger partial charge in [-0.25, -0.2) is 15.0 Å². The normalized spacial score (nSPS) is 13.8. The molecule has 1 heterocycles. The summed E-state index contributed by atoms with van der Waals surface area (Å²) in [6.45, 7) is 0. The van der Waals surface area contributed by atoms with Crippen molar-refractivity contribution >= 4 is 0 Å². The van der Waals surface area contributed by atoms with Gasteiger partial charge in [0.05, 0.1) is 0 Å². The standard InChI is InChI=1S/C45H33N3/c1-6-16-32(17-7-1)37-26-38(33-18-8-2-9-19-33)28-40(27-37)41-29-39(34-20-10-3-11-21-34)30-42(31-41)45-47-43(35-22-12-4-13-23-35)46-44(48-45)36-24-14-5-15-25-36/h1-18,20-31,33H,19H2. The van der Waals surface area contributed by atoms with E-state index in [9.17, 15) is 0 Å². The van der Waals surface area contributed by atoms with Crippen molar-refractivity contribution in [3.05, 3.63) is 188 Å². The van der Waals surface area contributed by atoms with Crippen LogP contribution in [0, 0.1) is 0 Å². The van der Waals surface area contributed by atoms with Crippen LogP contribution in [0.15, 0.2) is 182 Å². The van der Waals surface area contributed by atoms with Crippen molar-refractivity contribution in [2.75, 3.05) is 0 Å². The summed E-state index contributed by atoms with van der Waals surface area (Å²) in [5.41, 5.74) is 11.1. The predicted molar refractivity (Wildman–Crippen MR) is 198 cm³/mol. The number of rotatable bonds is 7. The van der Waals surface area contributed by atoms with Crippen LogP contribution in [0.5, 0.6) is 0 Å². The van der Waals surface area contributed by atoms with Gasteiger partial charge in [0.25, 0.3) is 0 Å². The van der Waals surface area contributed by atoms with E-state index in [0.717, 1.165) is 45.4 Å². The summed E-state index contributed by atoms with van der Waals surface area (Å²) in [6, 6.07) is 55.2. The van der Waals surface area contributed by atoms with Gasteiger partial charge in [-0.1, -0.05) is 158 Å². The first-order valence-electron chi connectivity index (χ1n) is 16.4. The molecule has 6 aromatic carbocycles. The summed E-state index contributed by atoms with van der Waals surface area (Å²) in [6.07, 6.45) is 9.84. The van der Waals surface area contributed by atoms with Crippen LogP contribution in [0.25, 0.3) is 67.5 Å². The molecule has 1 atom stereocenters. The summed E-state index contributed by atoms with van der Waals surface area (Å²) in [4.78, 5) is 15.1. The molecule has 8 rings (SSSR count). The molecule has 1 unspecified atom stereocenters. The third-order valence-electron chi connectivity index (χ3n) is 8.80. The zero-order valence-corrected chi connectivity index (χ0v) is 26.4. The van der Waals surface area contributed by atoms with Gasteiger partial charge >= 0.3 is 0 Å². The van der Waals surface area contributed by atoms with E-state index in [2.05, 4.69) is 121 Å². The average Bonchev–Trinajstić information content (AvgIpc) is 3.19. The van der Waals surface area contributed by atoms with Crippen LogP contribution in [-0.2, 0) is 0 Å². The molecule has 0 N–H and O–H groups in total. The number of aromatic nitrogens is 3. The Hall–Kier alpha value is -6.19. The molecule has 3 heteroatoms. The molecule has 0 saturated heterocycles. The van der Waals surface area contributed by atoms with Gasteiger partial charge in [0.15, 0.2) is 17.5 Å². The maximum absolute atomic E-state index is 5.09. The van der Waals surface area contributed by atoms with E-state index in [0.29, 0.717) is 23.4 Å². The summed E-state index contributed by atoms with van der Waals surface area (Å²) in [5, 5.41) is 0. The van der Waals surface area contributed by atoms with Gasteiger partial charge in [0.1, 0.15) is 0 Å². The van der Waals surface area contributed by atoms with Crippen LogP contribution in [0.3, 0.4) is 0 Å². The highest BCUT2D eigenvalue weighted by Crippen LogP contribution is 2.37. The van der Waals surface area contributed by atoms with Crippen LogP contribution < -0.4 is 0 Å². The average molecular weight is 616 g/mol. The fourth-order valence-corrected chi connectivity index (χ4v) is 6.32. The largest absolute Gasteiger partial charge is 0.208 e. The highest BCUT2D eigenvalue weighted by atomic mass is 15.0. The first-order chi connectivity index (χ1) is 23.8. The molecule has 7 aromatic rings. The number of hydrogen-bond acceptors (Lipinski definition) is 3. The molecule has 0 saturated carbocycles. The summed E-state index contributed by atoms with van der Waals surface area (Å²) in [7, 11) is 0. The second kappa shape index (κ2) is 13.3. The Kier molecular flexibility index (Phi) is 8.08. The maximum Gasteiger partial charge on any atom is 0.164 e. The lowest BCUT2D eigenvalue weighted by atomic mass is 9.86. The molecule has 1 aliphatic carbocycles. The monoisotopic (exact) mass is 615 g/mol. The van der Waals surface area contributed by atoms with Gasteiger partial charge in [-0.15, -0.1) is 0 Å². The third-order valence-corrected chi connectivity index (χ3v) is 8.80. The molecule has 0 fully saturated rings. The fourth-order valence-electron chi connectivity index (χ4n) is 6.32. The smallest absolute Gasteiger partial charge is 0.164 e. The zero-order valence-electron chi connectivity index (χ0n) is 26.4. The molecule has 0 radical (unpaired) electrons. The first-order valence-corrected chi connectivity index (χ1v) is 16.4. The quantitative estimate of drug-likeness (QED) is 0.179. The van der Waals surface area contributed by atoms with E-state index in [1.807, 2.05) is 60.7 Å². The van der Waals surface area contributed by atoms with Crippen LogP contribution in [0.2, 0.25) is 0 Å². The second-order valence-electron chi connectivity index (χ2n) is 12.1. The van der Waals surface area contributed by atoms with Gasteiger partial charge < -0.3 is 0 Å². The number of hydrogen-bond donors (Lipinski definition) is 0. The van der Waals surface area contributed by atoms with Crippen LogP contribution in [0.4, 0.5) is 0 Å². The molecular formula is C45H33N3. The fraction of sp³-hybridized carbons (Fsp3) is 0.0444. The van der Waals surface area contributed by atoms with Gasteiger partial charge in [0.2, 0.25) is 0 Å². The van der Waals surface area contributed by atoms with E-state index in [4.69, 9.17) is 15.0 Å². The lowest BCUT2D eigenvalue weighted by Crippen LogP contribution is -2.01. The van der Waals surface area contributed by atoms with Crippen LogP contribution >= 0.6 is 0 Å². The lowest BCUT2D eigenvalue weighted by molar-refractivity contribution is 0.854. The van der Waals surface area contributed by atoms with Gasteiger partial charge in [-0.2, -0.15) is 0 Å². The molecule has 3 nitrogen and oxygen atoms in total. The highest BCUT2D eigenvalue weighted by molar-refractivity contribution is 5.83. The number of benzene rings is 6.